The molecule has 8 heteroatoms. The summed E-state index contributed by atoms with van der Waals surface area (Å²) in [4.78, 5) is 28.8. The van der Waals surface area contributed by atoms with Crippen LogP contribution in [-0.2, 0) is 17.7 Å². The summed E-state index contributed by atoms with van der Waals surface area (Å²) < 4.78 is 5.49. The standard InChI is InChI=1S/C28H35N5O2S/c34-27(23-3-1-5-24-22(23)4-2-12-29-24)30-21-8-6-20(7-9-21)10-13-32-14-11-26-25(19-32)31-28(36-26)33-15-17-35-18-16-33/h1-5,12,20-21H,6-11,13-19H2,(H,30,34). The molecule has 0 bridgehead atoms. The summed E-state index contributed by atoms with van der Waals surface area (Å²) in [7, 11) is 0. The second kappa shape index (κ2) is 10.8. The summed E-state index contributed by atoms with van der Waals surface area (Å²) in [6.45, 7) is 6.81. The van der Waals surface area contributed by atoms with Crippen molar-refractivity contribution in [3.8, 4) is 0 Å². The van der Waals surface area contributed by atoms with Crippen LogP contribution in [0.1, 0.15) is 53.0 Å². The molecule has 190 valence electrons. The molecule has 0 atom stereocenters. The number of rotatable bonds is 6. The molecule has 3 aromatic rings. The summed E-state index contributed by atoms with van der Waals surface area (Å²) in [6.07, 6.45) is 8.66. The first-order chi connectivity index (χ1) is 17.7. The van der Waals surface area contributed by atoms with Crippen LogP contribution >= 0.6 is 11.3 Å². The molecule has 3 aliphatic rings. The van der Waals surface area contributed by atoms with Gasteiger partial charge in [0, 0.05) is 54.2 Å². The van der Waals surface area contributed by atoms with E-state index in [1.54, 1.807) is 6.20 Å². The summed E-state index contributed by atoms with van der Waals surface area (Å²) in [5.74, 6) is 0.779. The Balaban J connectivity index is 0.963. The number of hydrogen-bond acceptors (Lipinski definition) is 7. The zero-order valence-corrected chi connectivity index (χ0v) is 21.6. The molecular formula is C28H35N5O2S. The number of nitrogens with zero attached hydrogens (tertiary/aromatic N) is 4. The van der Waals surface area contributed by atoms with Crippen molar-refractivity contribution < 1.29 is 9.53 Å². The molecule has 2 aromatic heterocycles. The van der Waals surface area contributed by atoms with Gasteiger partial charge >= 0.3 is 0 Å². The first-order valence-electron chi connectivity index (χ1n) is 13.4. The van der Waals surface area contributed by atoms with Crippen LogP contribution in [0.2, 0.25) is 0 Å². The van der Waals surface area contributed by atoms with Gasteiger partial charge in [-0.05, 0) is 69.2 Å². The maximum Gasteiger partial charge on any atom is 0.252 e. The van der Waals surface area contributed by atoms with E-state index < -0.39 is 0 Å². The van der Waals surface area contributed by atoms with Crippen LogP contribution in [0.3, 0.4) is 0 Å². The monoisotopic (exact) mass is 505 g/mol. The van der Waals surface area contributed by atoms with Crippen molar-refractivity contribution in [3.63, 3.8) is 0 Å². The van der Waals surface area contributed by atoms with E-state index >= 15 is 0 Å². The lowest BCUT2D eigenvalue weighted by Gasteiger charge is -2.32. The third-order valence-corrected chi connectivity index (χ3v) is 9.22. The van der Waals surface area contributed by atoms with E-state index in [1.807, 2.05) is 41.7 Å². The Labute approximate surface area is 216 Å². The maximum atomic E-state index is 13.0. The van der Waals surface area contributed by atoms with Crippen LogP contribution in [-0.4, -0.2) is 66.2 Å². The van der Waals surface area contributed by atoms with Gasteiger partial charge in [0.05, 0.1) is 24.4 Å². The van der Waals surface area contributed by atoms with Gasteiger partial charge in [0.15, 0.2) is 5.13 Å². The number of nitrogens with one attached hydrogen (secondary N) is 1. The number of carbonyl (C=O) groups is 1. The van der Waals surface area contributed by atoms with Gasteiger partial charge in [-0.1, -0.05) is 12.1 Å². The third kappa shape index (κ3) is 5.26. The van der Waals surface area contributed by atoms with E-state index in [0.717, 1.165) is 87.6 Å². The lowest BCUT2D eigenvalue weighted by atomic mass is 9.84. The number of fused-ring (bicyclic) bond motifs is 2. The number of ether oxygens (including phenoxy) is 1. The minimum atomic E-state index is 0.0286. The minimum absolute atomic E-state index is 0.0286. The Hall–Kier alpha value is -2.55. The number of carbonyl (C=O) groups excluding carboxylic acids is 1. The second-order valence-electron chi connectivity index (χ2n) is 10.3. The van der Waals surface area contributed by atoms with Crippen molar-refractivity contribution in [1.29, 1.82) is 0 Å². The molecule has 1 saturated carbocycles. The molecule has 1 amide bonds. The highest BCUT2D eigenvalue weighted by Crippen LogP contribution is 2.32. The summed E-state index contributed by atoms with van der Waals surface area (Å²) >= 11 is 1.89. The van der Waals surface area contributed by atoms with Crippen molar-refractivity contribution in [2.75, 3.05) is 44.3 Å². The van der Waals surface area contributed by atoms with Crippen molar-refractivity contribution in [2.24, 2.45) is 5.92 Å². The summed E-state index contributed by atoms with van der Waals surface area (Å²) in [6, 6.07) is 9.92. The highest BCUT2D eigenvalue weighted by molar-refractivity contribution is 7.15. The molecule has 1 aliphatic carbocycles. The minimum Gasteiger partial charge on any atom is -0.378 e. The lowest BCUT2D eigenvalue weighted by Crippen LogP contribution is -2.38. The highest BCUT2D eigenvalue weighted by atomic mass is 32.1. The SMILES string of the molecule is O=C(NC1CCC(CCN2CCc3sc(N4CCOCC4)nc3C2)CC1)c1cccc2ncccc12. The number of hydrogen-bond donors (Lipinski definition) is 1. The Morgan fingerprint density at radius 1 is 1.08 bits per heavy atom. The third-order valence-electron chi connectivity index (χ3n) is 8.00. The van der Waals surface area contributed by atoms with Crippen LogP contribution in [0.4, 0.5) is 5.13 Å². The average Bonchev–Trinajstić information content (AvgIpc) is 3.36. The predicted octanol–water partition coefficient (Wildman–Crippen LogP) is 4.26. The summed E-state index contributed by atoms with van der Waals surface area (Å²) in [5, 5.41) is 5.41. The van der Waals surface area contributed by atoms with Crippen LogP contribution in [0.15, 0.2) is 36.5 Å². The number of amides is 1. The number of benzene rings is 1. The Morgan fingerprint density at radius 3 is 2.81 bits per heavy atom. The fraction of sp³-hybridized carbons (Fsp3) is 0.536. The van der Waals surface area contributed by atoms with E-state index in [4.69, 9.17) is 9.72 Å². The largest absolute Gasteiger partial charge is 0.378 e. The lowest BCUT2D eigenvalue weighted by molar-refractivity contribution is 0.0921. The number of anilines is 1. The van der Waals surface area contributed by atoms with Crippen LogP contribution in [0.25, 0.3) is 10.9 Å². The first kappa shape index (κ1) is 23.8. The zero-order chi connectivity index (χ0) is 24.3. The van der Waals surface area contributed by atoms with Crippen molar-refractivity contribution in [2.45, 2.75) is 51.1 Å². The number of morpholine rings is 1. The molecule has 1 saturated heterocycles. The molecule has 0 radical (unpaired) electrons. The van der Waals surface area contributed by atoms with Crippen LogP contribution in [0.5, 0.6) is 0 Å². The topological polar surface area (TPSA) is 70.6 Å². The fourth-order valence-electron chi connectivity index (χ4n) is 5.84. The van der Waals surface area contributed by atoms with Crippen molar-refractivity contribution >= 4 is 33.3 Å². The van der Waals surface area contributed by atoms with Gasteiger partial charge in [-0.2, -0.15) is 0 Å². The molecule has 2 fully saturated rings. The fourth-order valence-corrected chi connectivity index (χ4v) is 6.95. The van der Waals surface area contributed by atoms with Crippen LogP contribution in [0, 0.1) is 5.92 Å². The molecule has 1 N–H and O–H groups in total. The Morgan fingerprint density at radius 2 is 1.94 bits per heavy atom. The number of aromatic nitrogens is 2. The molecule has 0 spiro atoms. The van der Waals surface area contributed by atoms with Gasteiger partial charge in [-0.3, -0.25) is 14.7 Å². The van der Waals surface area contributed by atoms with E-state index in [1.165, 1.54) is 35.0 Å². The molecule has 4 heterocycles. The second-order valence-corrected chi connectivity index (χ2v) is 11.4. The van der Waals surface area contributed by atoms with Crippen molar-refractivity contribution in [1.82, 2.24) is 20.2 Å². The molecule has 36 heavy (non-hydrogen) atoms. The Kier molecular flexibility index (Phi) is 7.16. The van der Waals surface area contributed by atoms with E-state index in [2.05, 4.69) is 20.1 Å². The van der Waals surface area contributed by atoms with Gasteiger partial charge in [0.1, 0.15) is 0 Å². The Bertz CT molecular complexity index is 1190. The van der Waals surface area contributed by atoms with E-state index in [9.17, 15) is 4.79 Å². The van der Waals surface area contributed by atoms with E-state index in [-0.39, 0.29) is 11.9 Å². The normalized spacial score (nSPS) is 22.9. The van der Waals surface area contributed by atoms with Crippen molar-refractivity contribution in [3.05, 3.63) is 52.7 Å². The van der Waals surface area contributed by atoms with Gasteiger partial charge in [0.2, 0.25) is 0 Å². The average molecular weight is 506 g/mol. The van der Waals surface area contributed by atoms with Gasteiger partial charge in [-0.25, -0.2) is 4.98 Å². The predicted molar refractivity (Wildman–Crippen MR) is 144 cm³/mol. The first-order valence-corrected chi connectivity index (χ1v) is 14.2. The molecule has 7 nitrogen and oxygen atoms in total. The van der Waals surface area contributed by atoms with Gasteiger partial charge in [0.25, 0.3) is 5.91 Å². The maximum absolute atomic E-state index is 13.0. The number of thiazole rings is 1. The van der Waals surface area contributed by atoms with Gasteiger partial charge in [-0.15, -0.1) is 11.3 Å². The smallest absolute Gasteiger partial charge is 0.252 e. The molecular weight excluding hydrogens is 470 g/mol. The molecule has 6 rings (SSSR count). The highest BCUT2D eigenvalue weighted by Gasteiger charge is 2.26. The summed E-state index contributed by atoms with van der Waals surface area (Å²) in [5.41, 5.74) is 2.89. The van der Waals surface area contributed by atoms with Crippen LogP contribution < -0.4 is 10.2 Å². The zero-order valence-electron chi connectivity index (χ0n) is 20.8. The quantitative estimate of drug-likeness (QED) is 0.540. The molecule has 1 aromatic carbocycles. The number of pyridine rings is 1. The molecule has 2 aliphatic heterocycles. The molecule has 0 unspecified atom stereocenters. The van der Waals surface area contributed by atoms with E-state index in [0.29, 0.717) is 0 Å². The van der Waals surface area contributed by atoms with Gasteiger partial charge < -0.3 is 15.0 Å².